The maximum Gasteiger partial charge on any atom is 0.303 e. The van der Waals surface area contributed by atoms with Gasteiger partial charge >= 0.3 is 5.97 Å². The molecule has 3 aromatic rings. The highest BCUT2D eigenvalue weighted by molar-refractivity contribution is 5.80. The van der Waals surface area contributed by atoms with Crippen molar-refractivity contribution in [3.8, 4) is 11.1 Å². The summed E-state index contributed by atoms with van der Waals surface area (Å²) in [6.07, 6.45) is 0.122. The van der Waals surface area contributed by atoms with Crippen molar-refractivity contribution < 1.29 is 9.90 Å². The highest BCUT2D eigenvalue weighted by atomic mass is 16.4. The number of rotatable bonds is 4. The Morgan fingerprint density at radius 3 is 1.83 bits per heavy atom. The molecule has 1 N–H and O–H groups in total. The molecule has 1 unspecified atom stereocenters. The minimum absolute atomic E-state index is 0.0755. The SMILES string of the molecule is O=C(O)CC(c1ccccc1)C1c2ccccc2-c2ccccc21. The molecule has 0 amide bonds. The van der Waals surface area contributed by atoms with E-state index in [1.54, 1.807) is 0 Å². The van der Waals surface area contributed by atoms with Gasteiger partial charge in [-0.1, -0.05) is 78.9 Å². The number of fused-ring (bicyclic) bond motifs is 3. The molecule has 0 aliphatic heterocycles. The Balaban J connectivity index is 1.91. The highest BCUT2D eigenvalue weighted by Crippen LogP contribution is 2.51. The molecule has 4 rings (SSSR count). The molecule has 1 atom stereocenters. The van der Waals surface area contributed by atoms with Gasteiger partial charge < -0.3 is 5.11 Å². The van der Waals surface area contributed by atoms with Gasteiger partial charge in [-0.05, 0) is 27.8 Å². The summed E-state index contributed by atoms with van der Waals surface area (Å²) in [5, 5.41) is 9.50. The fraction of sp³-hybridized carbons (Fsp3) is 0.136. The predicted molar refractivity (Wildman–Crippen MR) is 95.2 cm³/mol. The largest absolute Gasteiger partial charge is 0.481 e. The van der Waals surface area contributed by atoms with E-state index in [-0.39, 0.29) is 18.3 Å². The lowest BCUT2D eigenvalue weighted by molar-refractivity contribution is -0.137. The quantitative estimate of drug-likeness (QED) is 0.731. The van der Waals surface area contributed by atoms with Crippen molar-refractivity contribution in [3.05, 3.63) is 95.6 Å². The van der Waals surface area contributed by atoms with Gasteiger partial charge in [0.25, 0.3) is 0 Å². The molecule has 0 spiro atoms. The van der Waals surface area contributed by atoms with Gasteiger partial charge in [-0.2, -0.15) is 0 Å². The average molecular weight is 314 g/mol. The maximum absolute atomic E-state index is 11.6. The molecule has 0 fully saturated rings. The van der Waals surface area contributed by atoms with Gasteiger partial charge in [-0.3, -0.25) is 4.79 Å². The van der Waals surface area contributed by atoms with Crippen LogP contribution in [0.4, 0.5) is 0 Å². The fourth-order valence-electron chi connectivity index (χ4n) is 3.94. The van der Waals surface area contributed by atoms with Crippen LogP contribution in [0, 0.1) is 0 Å². The Hall–Kier alpha value is -2.87. The smallest absolute Gasteiger partial charge is 0.303 e. The van der Waals surface area contributed by atoms with E-state index in [0.29, 0.717) is 0 Å². The van der Waals surface area contributed by atoms with Gasteiger partial charge in [0.05, 0.1) is 6.42 Å². The zero-order chi connectivity index (χ0) is 16.5. The van der Waals surface area contributed by atoms with Crippen LogP contribution in [0.25, 0.3) is 11.1 Å². The van der Waals surface area contributed by atoms with Crippen LogP contribution in [0.1, 0.15) is 34.9 Å². The molecule has 0 radical (unpaired) electrons. The molecule has 0 bridgehead atoms. The third-order valence-corrected chi connectivity index (χ3v) is 4.91. The van der Waals surface area contributed by atoms with Gasteiger partial charge in [-0.25, -0.2) is 0 Å². The highest BCUT2D eigenvalue weighted by Gasteiger charge is 2.35. The van der Waals surface area contributed by atoms with E-state index in [0.717, 1.165) is 5.56 Å². The predicted octanol–water partition coefficient (Wildman–Crippen LogP) is 5.06. The Bertz CT molecular complexity index is 838. The fourth-order valence-corrected chi connectivity index (χ4v) is 3.94. The first-order valence-electron chi connectivity index (χ1n) is 8.20. The Kier molecular flexibility index (Phi) is 3.66. The van der Waals surface area contributed by atoms with Gasteiger partial charge in [-0.15, -0.1) is 0 Å². The second-order valence-corrected chi connectivity index (χ2v) is 6.27. The summed E-state index contributed by atoms with van der Waals surface area (Å²) in [5.74, 6) is -0.755. The van der Waals surface area contributed by atoms with Crippen LogP contribution in [0.2, 0.25) is 0 Å². The maximum atomic E-state index is 11.6. The molecule has 3 aromatic carbocycles. The molecule has 24 heavy (non-hydrogen) atoms. The lowest BCUT2D eigenvalue weighted by Gasteiger charge is -2.25. The zero-order valence-electron chi connectivity index (χ0n) is 13.2. The Labute approximate surface area is 141 Å². The molecular formula is C22H18O2. The average Bonchev–Trinajstić information content (AvgIpc) is 2.95. The van der Waals surface area contributed by atoms with Crippen LogP contribution in [-0.2, 0) is 4.79 Å². The third kappa shape index (κ3) is 2.41. The van der Waals surface area contributed by atoms with Crippen molar-refractivity contribution in [2.45, 2.75) is 18.3 Å². The monoisotopic (exact) mass is 314 g/mol. The molecule has 0 saturated carbocycles. The summed E-state index contributed by atoms with van der Waals surface area (Å²) < 4.78 is 0. The summed E-state index contributed by atoms with van der Waals surface area (Å²) in [7, 11) is 0. The molecular weight excluding hydrogens is 296 g/mol. The van der Waals surface area contributed by atoms with E-state index in [2.05, 4.69) is 24.3 Å². The Morgan fingerprint density at radius 1 is 0.792 bits per heavy atom. The van der Waals surface area contributed by atoms with E-state index in [1.807, 2.05) is 54.6 Å². The number of carbonyl (C=O) groups is 1. The summed E-state index contributed by atoms with van der Waals surface area (Å²) in [6.45, 7) is 0. The third-order valence-electron chi connectivity index (χ3n) is 4.91. The second-order valence-electron chi connectivity index (χ2n) is 6.27. The van der Waals surface area contributed by atoms with Gasteiger partial charge in [0, 0.05) is 11.8 Å². The summed E-state index contributed by atoms with van der Waals surface area (Å²) >= 11 is 0. The Morgan fingerprint density at radius 2 is 1.29 bits per heavy atom. The van der Waals surface area contributed by atoms with Crippen LogP contribution in [-0.4, -0.2) is 11.1 Å². The van der Waals surface area contributed by atoms with Crippen molar-refractivity contribution in [3.63, 3.8) is 0 Å². The molecule has 2 heteroatoms. The summed E-state index contributed by atoms with van der Waals surface area (Å²) in [5.41, 5.74) is 5.99. The first kappa shape index (κ1) is 14.7. The van der Waals surface area contributed by atoms with Crippen LogP contribution in [0.15, 0.2) is 78.9 Å². The number of carboxylic acid groups (broad SMARTS) is 1. The molecule has 2 nitrogen and oxygen atoms in total. The topological polar surface area (TPSA) is 37.3 Å². The number of benzene rings is 3. The number of carboxylic acids is 1. The van der Waals surface area contributed by atoms with Gasteiger partial charge in [0.1, 0.15) is 0 Å². The van der Waals surface area contributed by atoms with Crippen molar-refractivity contribution in [2.24, 2.45) is 0 Å². The standard InChI is InChI=1S/C22H18O2/c23-21(24)14-20(15-8-2-1-3-9-15)22-18-12-6-4-10-16(18)17-11-5-7-13-19(17)22/h1-13,20,22H,14H2,(H,23,24). The van der Waals surface area contributed by atoms with Crippen molar-refractivity contribution in [2.75, 3.05) is 0 Å². The van der Waals surface area contributed by atoms with E-state index in [1.165, 1.54) is 22.3 Å². The lowest BCUT2D eigenvalue weighted by atomic mass is 9.78. The molecule has 1 aliphatic rings. The second kappa shape index (κ2) is 5.97. The van der Waals surface area contributed by atoms with Gasteiger partial charge in [0.2, 0.25) is 0 Å². The summed E-state index contributed by atoms with van der Waals surface area (Å²) in [4.78, 5) is 11.6. The zero-order valence-corrected chi connectivity index (χ0v) is 13.2. The van der Waals surface area contributed by atoms with Gasteiger partial charge in [0.15, 0.2) is 0 Å². The van der Waals surface area contributed by atoms with Crippen molar-refractivity contribution in [1.82, 2.24) is 0 Å². The van der Waals surface area contributed by atoms with Crippen LogP contribution in [0.3, 0.4) is 0 Å². The number of hydrogen-bond acceptors (Lipinski definition) is 1. The number of aliphatic carboxylic acids is 1. The summed E-state index contributed by atoms with van der Waals surface area (Å²) in [6, 6.07) is 26.7. The van der Waals surface area contributed by atoms with Crippen LogP contribution >= 0.6 is 0 Å². The minimum atomic E-state index is -0.759. The lowest BCUT2D eigenvalue weighted by Crippen LogP contribution is -2.15. The molecule has 0 heterocycles. The van der Waals surface area contributed by atoms with E-state index >= 15 is 0 Å². The van der Waals surface area contributed by atoms with Crippen LogP contribution < -0.4 is 0 Å². The molecule has 1 aliphatic carbocycles. The van der Waals surface area contributed by atoms with E-state index in [4.69, 9.17) is 0 Å². The molecule has 118 valence electrons. The first-order valence-corrected chi connectivity index (χ1v) is 8.20. The normalized spacial score (nSPS) is 14.0. The van der Waals surface area contributed by atoms with Crippen molar-refractivity contribution >= 4 is 5.97 Å². The van der Waals surface area contributed by atoms with Crippen LogP contribution in [0.5, 0.6) is 0 Å². The molecule has 0 aromatic heterocycles. The molecule has 0 saturated heterocycles. The number of hydrogen-bond donors (Lipinski definition) is 1. The first-order chi connectivity index (χ1) is 11.8. The van der Waals surface area contributed by atoms with Crippen molar-refractivity contribution in [1.29, 1.82) is 0 Å². The minimum Gasteiger partial charge on any atom is -0.481 e. The van der Waals surface area contributed by atoms with E-state index in [9.17, 15) is 9.90 Å². The van der Waals surface area contributed by atoms with E-state index < -0.39 is 5.97 Å².